The summed E-state index contributed by atoms with van der Waals surface area (Å²) < 4.78 is 0. The van der Waals surface area contributed by atoms with Crippen LogP contribution in [0.25, 0.3) is 0 Å². The number of halogens is 1. The lowest BCUT2D eigenvalue weighted by Crippen LogP contribution is -2.11. The van der Waals surface area contributed by atoms with Crippen LogP contribution in [0.15, 0.2) is 61.3 Å². The van der Waals surface area contributed by atoms with Crippen molar-refractivity contribution in [3.8, 4) is 6.07 Å². The topological polar surface area (TPSA) is 122 Å². The highest BCUT2D eigenvalue weighted by molar-refractivity contribution is 6.31. The first-order chi connectivity index (χ1) is 16.9. The predicted molar refractivity (Wildman–Crippen MR) is 136 cm³/mol. The molecule has 0 aliphatic rings. The van der Waals surface area contributed by atoms with Crippen molar-refractivity contribution in [2.45, 2.75) is 38.5 Å². The van der Waals surface area contributed by atoms with Crippen molar-refractivity contribution in [3.63, 3.8) is 0 Å². The molecule has 35 heavy (non-hydrogen) atoms. The number of nitriles is 1. The second-order valence-corrected chi connectivity index (χ2v) is 8.39. The average Bonchev–Trinajstić information content (AvgIpc) is 2.86. The summed E-state index contributed by atoms with van der Waals surface area (Å²) in [7, 11) is 0. The van der Waals surface area contributed by atoms with Crippen LogP contribution in [-0.2, 0) is 30.5 Å². The number of rotatable bonds is 11. The van der Waals surface area contributed by atoms with Crippen molar-refractivity contribution in [2.75, 3.05) is 5.32 Å². The van der Waals surface area contributed by atoms with Crippen molar-refractivity contribution < 1.29 is 9.59 Å². The van der Waals surface area contributed by atoms with Gasteiger partial charge in [0.2, 0.25) is 11.8 Å². The first-order valence-corrected chi connectivity index (χ1v) is 11.6. The summed E-state index contributed by atoms with van der Waals surface area (Å²) in [5.41, 5.74) is 9.62. The van der Waals surface area contributed by atoms with Crippen LogP contribution in [0.5, 0.6) is 0 Å². The van der Waals surface area contributed by atoms with Gasteiger partial charge in [0.1, 0.15) is 5.82 Å². The zero-order valence-electron chi connectivity index (χ0n) is 19.3. The molecule has 1 aromatic heterocycles. The molecule has 178 valence electrons. The Bertz CT molecular complexity index is 1280. The molecule has 0 bridgehead atoms. The molecule has 0 unspecified atom stereocenters. The highest BCUT2D eigenvalue weighted by Gasteiger charge is 2.10. The van der Waals surface area contributed by atoms with Crippen LogP contribution in [-0.4, -0.2) is 21.8 Å². The van der Waals surface area contributed by atoms with Gasteiger partial charge in [-0.15, -0.1) is 0 Å². The van der Waals surface area contributed by atoms with Crippen molar-refractivity contribution >= 4 is 29.1 Å². The molecule has 3 N–H and O–H groups in total. The number of aromatic nitrogens is 2. The molecule has 0 saturated heterocycles. The number of nitrogens with two attached hydrogens (primary N) is 1. The molecule has 0 spiro atoms. The van der Waals surface area contributed by atoms with Gasteiger partial charge in [0.25, 0.3) is 0 Å². The van der Waals surface area contributed by atoms with Gasteiger partial charge >= 0.3 is 0 Å². The van der Waals surface area contributed by atoms with E-state index in [2.05, 4.69) is 27.9 Å². The number of benzene rings is 2. The minimum atomic E-state index is -0.521. The summed E-state index contributed by atoms with van der Waals surface area (Å²) in [6, 6.07) is 14.7. The average molecular weight is 488 g/mol. The molecule has 0 aliphatic carbocycles. The molecule has 2 aromatic carbocycles. The molecule has 0 saturated carbocycles. The van der Waals surface area contributed by atoms with Gasteiger partial charge in [-0.25, -0.2) is 9.97 Å². The zero-order chi connectivity index (χ0) is 25.2. The van der Waals surface area contributed by atoms with E-state index in [1.807, 2.05) is 24.3 Å². The van der Waals surface area contributed by atoms with Crippen LogP contribution in [0.2, 0.25) is 5.02 Å². The first kappa shape index (κ1) is 25.6. The zero-order valence-corrected chi connectivity index (χ0v) is 20.0. The second kappa shape index (κ2) is 12.4. The Balaban J connectivity index is 1.60. The smallest absolute Gasteiger partial charge is 0.248 e. The van der Waals surface area contributed by atoms with Crippen LogP contribution in [0.1, 0.15) is 51.4 Å². The Morgan fingerprint density at radius 1 is 1.09 bits per heavy atom. The number of hydrogen-bond donors (Lipinski definition) is 2. The van der Waals surface area contributed by atoms with Crippen LogP contribution >= 0.6 is 11.6 Å². The van der Waals surface area contributed by atoms with Gasteiger partial charge < -0.3 is 11.1 Å². The Morgan fingerprint density at radius 3 is 2.57 bits per heavy atom. The van der Waals surface area contributed by atoms with Crippen LogP contribution in [0, 0.1) is 11.3 Å². The third kappa shape index (κ3) is 7.23. The minimum absolute atomic E-state index is 0.246. The summed E-state index contributed by atoms with van der Waals surface area (Å²) in [5, 5.41) is 12.7. The van der Waals surface area contributed by atoms with Gasteiger partial charge in [-0.2, -0.15) is 5.26 Å². The number of anilines is 1. The summed E-state index contributed by atoms with van der Waals surface area (Å²) in [6.45, 7) is 3.49. The standard InChI is InChI=1S/C27H26ClN5O2/c1-2-26(34)33-23-10-4-3-7-18(23)8-5-11-24-22(28)17-31-25(32-24)12-6-9-19-15-20(27(30)35)13-14-21(19)16-29/h2-4,7,10,13-15,17H,1,5-6,8-9,11-12H2,(H2,30,35)(H,33,34). The molecule has 0 radical (unpaired) electrons. The van der Waals surface area contributed by atoms with Crippen LogP contribution in [0.4, 0.5) is 5.69 Å². The number of carbonyl (C=O) groups excluding carboxylic acids is 2. The third-order valence-corrected chi connectivity index (χ3v) is 5.86. The highest BCUT2D eigenvalue weighted by Crippen LogP contribution is 2.21. The fraction of sp³-hybridized carbons (Fsp3) is 0.222. The number of nitrogens with zero attached hydrogens (tertiary/aromatic N) is 3. The Labute approximate surface area is 209 Å². The lowest BCUT2D eigenvalue weighted by molar-refractivity contribution is -0.111. The van der Waals surface area contributed by atoms with Gasteiger partial charge in [-0.1, -0.05) is 36.4 Å². The number of primary amides is 1. The quantitative estimate of drug-likeness (QED) is 0.383. The number of amides is 2. The lowest BCUT2D eigenvalue weighted by Gasteiger charge is -2.10. The van der Waals surface area contributed by atoms with E-state index in [9.17, 15) is 14.9 Å². The molecule has 3 rings (SSSR count). The van der Waals surface area contributed by atoms with Crippen LogP contribution in [0.3, 0.4) is 0 Å². The van der Waals surface area contributed by atoms with E-state index in [0.29, 0.717) is 47.7 Å². The molecule has 1 heterocycles. The SMILES string of the molecule is C=CC(=O)Nc1ccccc1CCCc1nc(CCCc2cc(C(N)=O)ccc2C#N)ncc1Cl. The van der Waals surface area contributed by atoms with E-state index in [1.54, 1.807) is 24.4 Å². The molecule has 0 atom stereocenters. The lowest BCUT2D eigenvalue weighted by atomic mass is 9.99. The van der Waals surface area contributed by atoms with Crippen molar-refractivity contribution in [1.29, 1.82) is 5.26 Å². The second-order valence-electron chi connectivity index (χ2n) is 7.99. The first-order valence-electron chi connectivity index (χ1n) is 11.3. The maximum atomic E-state index is 11.7. The molecule has 7 nitrogen and oxygen atoms in total. The molecule has 3 aromatic rings. The number of aryl methyl sites for hydroxylation is 4. The Kier molecular flexibility index (Phi) is 9.10. The molecule has 8 heteroatoms. The minimum Gasteiger partial charge on any atom is -0.366 e. The van der Waals surface area contributed by atoms with E-state index >= 15 is 0 Å². The van der Waals surface area contributed by atoms with Gasteiger partial charge in [-0.3, -0.25) is 9.59 Å². The Hall–Kier alpha value is -4.02. The molecule has 0 aliphatic heterocycles. The number of nitrogens with one attached hydrogen (secondary N) is 1. The van der Waals surface area contributed by atoms with Crippen molar-refractivity contribution in [2.24, 2.45) is 5.73 Å². The molecule has 0 fully saturated rings. The summed E-state index contributed by atoms with van der Waals surface area (Å²) in [4.78, 5) is 32.1. The fourth-order valence-corrected chi connectivity index (χ4v) is 3.92. The fourth-order valence-electron chi connectivity index (χ4n) is 3.73. The van der Waals surface area contributed by atoms with Crippen molar-refractivity contribution in [1.82, 2.24) is 9.97 Å². The van der Waals surface area contributed by atoms with E-state index in [-0.39, 0.29) is 5.91 Å². The van der Waals surface area contributed by atoms with E-state index in [4.69, 9.17) is 17.3 Å². The summed E-state index contributed by atoms with van der Waals surface area (Å²) in [6.07, 6.45) is 6.97. The van der Waals surface area contributed by atoms with E-state index in [1.165, 1.54) is 6.08 Å². The molecular weight excluding hydrogens is 462 g/mol. The van der Waals surface area contributed by atoms with Crippen LogP contribution < -0.4 is 11.1 Å². The number of carbonyl (C=O) groups is 2. The van der Waals surface area contributed by atoms with Crippen molar-refractivity contribution in [3.05, 3.63) is 100 Å². The third-order valence-electron chi connectivity index (χ3n) is 5.54. The predicted octanol–water partition coefficient (Wildman–Crippen LogP) is 4.58. The molecule has 2 amide bonds. The van der Waals surface area contributed by atoms with Gasteiger partial charge in [0.15, 0.2) is 0 Å². The highest BCUT2D eigenvalue weighted by atomic mass is 35.5. The van der Waals surface area contributed by atoms with E-state index < -0.39 is 5.91 Å². The summed E-state index contributed by atoms with van der Waals surface area (Å²) in [5.74, 6) is -0.0936. The largest absolute Gasteiger partial charge is 0.366 e. The summed E-state index contributed by atoms with van der Waals surface area (Å²) >= 11 is 6.34. The van der Waals surface area contributed by atoms with Gasteiger partial charge in [0.05, 0.1) is 22.3 Å². The van der Waals surface area contributed by atoms with Gasteiger partial charge in [-0.05, 0) is 73.6 Å². The Morgan fingerprint density at radius 2 is 1.83 bits per heavy atom. The number of hydrogen-bond acceptors (Lipinski definition) is 5. The van der Waals surface area contributed by atoms with E-state index in [0.717, 1.165) is 35.3 Å². The maximum Gasteiger partial charge on any atom is 0.248 e. The maximum absolute atomic E-state index is 11.7. The normalized spacial score (nSPS) is 10.4. The monoisotopic (exact) mass is 487 g/mol. The molecular formula is C27H26ClN5O2. The number of para-hydroxylation sites is 1. The van der Waals surface area contributed by atoms with Gasteiger partial charge in [0, 0.05) is 23.9 Å².